The van der Waals surface area contributed by atoms with Crippen LogP contribution in [0.1, 0.15) is 64.7 Å². The molecular formula is C16H25N3NaO8S+. The Balaban J connectivity index is 0.00000392. The first-order valence-electron chi connectivity index (χ1n) is 8.83. The van der Waals surface area contributed by atoms with Crippen LogP contribution < -0.4 is 29.6 Å². The van der Waals surface area contributed by atoms with Crippen LogP contribution in [0.3, 0.4) is 0 Å². The van der Waals surface area contributed by atoms with Crippen LogP contribution in [0.25, 0.3) is 0 Å². The molecule has 29 heavy (non-hydrogen) atoms. The van der Waals surface area contributed by atoms with Crippen molar-refractivity contribution in [2.75, 3.05) is 0 Å². The number of amides is 2. The van der Waals surface area contributed by atoms with Gasteiger partial charge in [-0.3, -0.25) is 14.4 Å². The largest absolute Gasteiger partial charge is 1.00 e. The molecule has 0 bridgehead atoms. The summed E-state index contributed by atoms with van der Waals surface area (Å²) >= 11 is 0. The first-order chi connectivity index (χ1) is 12.7. The maximum atomic E-state index is 11.7. The van der Waals surface area contributed by atoms with Gasteiger partial charge in [0.25, 0.3) is 11.8 Å². The van der Waals surface area contributed by atoms with Gasteiger partial charge in [-0.1, -0.05) is 23.5 Å². The molecule has 13 heteroatoms. The molecule has 11 nitrogen and oxygen atoms in total. The molecule has 0 aromatic carbocycles. The molecule has 1 unspecified atom stereocenters. The van der Waals surface area contributed by atoms with Crippen molar-refractivity contribution in [1.29, 1.82) is 0 Å². The molecule has 2 aliphatic rings. The smallest absolute Gasteiger partial charge is 0.457 e. The van der Waals surface area contributed by atoms with E-state index in [1.165, 1.54) is 0 Å². The summed E-state index contributed by atoms with van der Waals surface area (Å²) in [6.07, 6.45) is 3.73. The molecule has 1 fully saturated rings. The summed E-state index contributed by atoms with van der Waals surface area (Å²) in [4.78, 5) is 51.3. The number of rotatable bonds is 12. The number of nitrogens with zero attached hydrogens (tertiary/aromatic N) is 3. The van der Waals surface area contributed by atoms with Crippen LogP contribution in [-0.4, -0.2) is 39.5 Å². The number of carbonyl (C=O) groups is 4. The van der Waals surface area contributed by atoms with Crippen molar-refractivity contribution >= 4 is 34.3 Å². The van der Waals surface area contributed by atoms with Crippen molar-refractivity contribution in [3.8, 4) is 0 Å². The Morgan fingerprint density at radius 1 is 1.10 bits per heavy atom. The average Bonchev–Trinajstić information content (AvgIpc) is 3.28. The third-order valence-corrected chi connectivity index (χ3v) is 5.23. The molecule has 0 aromatic rings. The number of imide groups is 1. The Morgan fingerprint density at radius 2 is 1.69 bits per heavy atom. The maximum absolute atomic E-state index is 11.7. The zero-order valence-electron chi connectivity index (χ0n) is 16.6. The van der Waals surface area contributed by atoms with Crippen molar-refractivity contribution in [2.24, 2.45) is 10.2 Å². The first kappa shape index (κ1) is 27.8. The molecule has 0 aliphatic carbocycles. The maximum Gasteiger partial charge on any atom is 1.00 e. The van der Waals surface area contributed by atoms with E-state index < -0.39 is 40.2 Å². The minimum absolute atomic E-state index is 0. The minimum atomic E-state index is -2.73. The number of Topliss-reactive ketones (excluding diaryl/α,β-unsaturated/α-hetero) is 1. The number of hydroxylamine groups is 2. The Kier molecular flexibility index (Phi) is 12.0. The topological polar surface area (TPSA) is 173 Å². The Hall–Kier alpha value is -1.21. The van der Waals surface area contributed by atoms with Crippen molar-refractivity contribution in [2.45, 2.75) is 75.6 Å². The SMILES string of the molecule is CC1(CCC(=O)CCCCCCC(=O)ON2C(=O)CC([S-](=O)=O)C2=O)N=N1.[Na+].[OH3+]. The first-order valence-corrected chi connectivity index (χ1v) is 9.97. The van der Waals surface area contributed by atoms with Crippen molar-refractivity contribution in [1.82, 2.24) is 5.06 Å². The molecule has 0 saturated carbocycles. The van der Waals surface area contributed by atoms with E-state index in [-0.39, 0.29) is 58.0 Å². The average molecular weight is 442 g/mol. The third-order valence-electron chi connectivity index (χ3n) is 4.39. The normalized spacial score (nSPS) is 19.0. The van der Waals surface area contributed by atoms with Gasteiger partial charge < -0.3 is 18.7 Å². The molecule has 2 heterocycles. The minimum Gasteiger partial charge on any atom is -0.457 e. The van der Waals surface area contributed by atoms with Crippen molar-refractivity contribution < 1.29 is 67.5 Å². The van der Waals surface area contributed by atoms with Gasteiger partial charge in [-0.25, -0.2) is 4.79 Å². The fourth-order valence-electron chi connectivity index (χ4n) is 2.61. The summed E-state index contributed by atoms with van der Waals surface area (Å²) in [5.74, 6) is -2.48. The molecular weight excluding hydrogens is 417 g/mol. The summed E-state index contributed by atoms with van der Waals surface area (Å²) in [6, 6.07) is 0. The van der Waals surface area contributed by atoms with E-state index in [4.69, 9.17) is 0 Å². The van der Waals surface area contributed by atoms with Crippen LogP contribution in [0.2, 0.25) is 0 Å². The second kappa shape index (κ2) is 12.5. The van der Waals surface area contributed by atoms with E-state index in [1.54, 1.807) is 0 Å². The van der Waals surface area contributed by atoms with E-state index in [2.05, 4.69) is 15.1 Å². The summed E-state index contributed by atoms with van der Waals surface area (Å²) in [7, 11) is -2.73. The van der Waals surface area contributed by atoms with Crippen LogP contribution in [0.4, 0.5) is 0 Å². The molecule has 3 N–H and O–H groups in total. The summed E-state index contributed by atoms with van der Waals surface area (Å²) in [5, 5.41) is 6.45. The number of unbranched alkanes of at least 4 members (excludes halogenated alkanes) is 3. The molecule has 158 valence electrons. The molecule has 1 atom stereocenters. The Bertz CT molecular complexity index is 726. The molecule has 2 amide bonds. The molecule has 0 spiro atoms. The quantitative estimate of drug-likeness (QED) is 0.109. The van der Waals surface area contributed by atoms with Crippen LogP contribution >= 0.6 is 0 Å². The van der Waals surface area contributed by atoms with Gasteiger partial charge in [0.15, 0.2) is 5.66 Å². The standard InChI is InChI=1S/C16H22N3O7S.Na.H2O/c1-16(17-18-16)9-8-11(20)6-4-2-3-5-7-14(22)26-19-13(21)10-12(15(19)23)27(24)25;;/h12H,2-10H2,1H3;;1H2/q-1;+1;/p+1. The van der Waals surface area contributed by atoms with Crippen molar-refractivity contribution in [3.05, 3.63) is 0 Å². The Labute approximate surface area is 192 Å². The zero-order valence-corrected chi connectivity index (χ0v) is 19.4. The number of carbonyl (C=O) groups excluding carboxylic acids is 4. The van der Waals surface area contributed by atoms with Gasteiger partial charge in [-0.15, -0.1) is 5.06 Å². The third kappa shape index (κ3) is 8.99. The van der Waals surface area contributed by atoms with Gasteiger partial charge in [-0.2, -0.15) is 10.2 Å². The van der Waals surface area contributed by atoms with Crippen molar-refractivity contribution in [3.63, 3.8) is 0 Å². The van der Waals surface area contributed by atoms with Crippen LogP contribution in [0.15, 0.2) is 10.2 Å². The second-order valence-electron chi connectivity index (χ2n) is 6.81. The van der Waals surface area contributed by atoms with Gasteiger partial charge >= 0.3 is 35.5 Å². The van der Waals surface area contributed by atoms with E-state index in [9.17, 15) is 27.6 Å². The molecule has 2 aliphatic heterocycles. The van der Waals surface area contributed by atoms with Gasteiger partial charge in [0.2, 0.25) is 0 Å². The Morgan fingerprint density at radius 3 is 2.21 bits per heavy atom. The van der Waals surface area contributed by atoms with E-state index in [0.717, 1.165) is 12.8 Å². The molecule has 2 rings (SSSR count). The predicted molar refractivity (Wildman–Crippen MR) is 95.2 cm³/mol. The van der Waals surface area contributed by atoms with Gasteiger partial charge in [0, 0.05) is 37.4 Å². The second-order valence-corrected chi connectivity index (χ2v) is 7.90. The van der Waals surface area contributed by atoms with Crippen LogP contribution in [0, 0.1) is 0 Å². The van der Waals surface area contributed by atoms with Crippen LogP contribution in [0.5, 0.6) is 0 Å². The number of hydrogen-bond acceptors (Lipinski definition) is 10. The van der Waals surface area contributed by atoms with Gasteiger partial charge in [-0.05, 0) is 19.8 Å². The van der Waals surface area contributed by atoms with Crippen LogP contribution in [-0.2, 0) is 48.6 Å². The van der Waals surface area contributed by atoms with E-state index in [1.807, 2.05) is 6.92 Å². The monoisotopic (exact) mass is 442 g/mol. The van der Waals surface area contributed by atoms with Gasteiger partial charge in [0.1, 0.15) is 5.78 Å². The summed E-state index contributed by atoms with van der Waals surface area (Å²) < 4.78 is 21.7. The summed E-state index contributed by atoms with van der Waals surface area (Å²) in [5.41, 5.74) is -0.350. The molecule has 0 aromatic heterocycles. The summed E-state index contributed by atoms with van der Waals surface area (Å²) in [6.45, 7) is 1.88. The fraction of sp³-hybridized carbons (Fsp3) is 0.750. The van der Waals surface area contributed by atoms with E-state index >= 15 is 0 Å². The molecule has 1 saturated heterocycles. The van der Waals surface area contributed by atoms with E-state index in [0.29, 0.717) is 32.1 Å². The van der Waals surface area contributed by atoms with Gasteiger partial charge in [0.05, 0.1) is 0 Å². The molecule has 0 radical (unpaired) electrons. The number of ketones is 1. The number of hydrogen-bond donors (Lipinski definition) is 0. The fourth-order valence-corrected chi connectivity index (χ4v) is 3.15. The zero-order chi connectivity index (χ0) is 20.0. The predicted octanol–water partition coefficient (Wildman–Crippen LogP) is -2.16.